The van der Waals surface area contributed by atoms with Crippen molar-refractivity contribution in [3.8, 4) is 0 Å². The minimum absolute atomic E-state index is 0.137. The summed E-state index contributed by atoms with van der Waals surface area (Å²) < 4.78 is 18.4. The van der Waals surface area contributed by atoms with Gasteiger partial charge >= 0.3 is 0 Å². The topological polar surface area (TPSA) is 58.6 Å². The summed E-state index contributed by atoms with van der Waals surface area (Å²) in [7, 11) is 1.50. The second-order valence-corrected chi connectivity index (χ2v) is 5.51. The molecule has 0 aromatic heterocycles. The molecule has 0 bridgehead atoms. The van der Waals surface area contributed by atoms with Crippen molar-refractivity contribution in [2.75, 3.05) is 25.6 Å². The molecule has 0 aliphatic carbocycles. The summed E-state index contributed by atoms with van der Waals surface area (Å²) in [6.07, 6.45) is 0. The van der Waals surface area contributed by atoms with Crippen LogP contribution in [0.25, 0.3) is 5.57 Å². The van der Waals surface area contributed by atoms with E-state index in [9.17, 15) is 14.0 Å². The van der Waals surface area contributed by atoms with Gasteiger partial charge in [0.15, 0.2) is 0 Å². The van der Waals surface area contributed by atoms with Gasteiger partial charge in [0.1, 0.15) is 11.5 Å². The van der Waals surface area contributed by atoms with Gasteiger partial charge in [-0.2, -0.15) is 0 Å². The molecule has 1 aliphatic rings. The number of imide groups is 1. The molecular weight excluding hydrogens is 323 g/mol. The van der Waals surface area contributed by atoms with Crippen LogP contribution in [0.2, 0.25) is 0 Å². The molecule has 0 atom stereocenters. The Morgan fingerprint density at radius 3 is 2.48 bits per heavy atom. The van der Waals surface area contributed by atoms with Crippen LogP contribution in [0.4, 0.5) is 10.1 Å². The molecule has 25 heavy (non-hydrogen) atoms. The molecule has 128 valence electrons. The number of hydrogen-bond donors (Lipinski definition) is 1. The lowest BCUT2D eigenvalue weighted by molar-refractivity contribution is -0.137. The van der Waals surface area contributed by atoms with Gasteiger partial charge in [0, 0.05) is 12.8 Å². The highest BCUT2D eigenvalue weighted by Gasteiger charge is 2.38. The van der Waals surface area contributed by atoms with Crippen LogP contribution in [0.3, 0.4) is 0 Å². The van der Waals surface area contributed by atoms with Gasteiger partial charge in [0.05, 0.1) is 18.7 Å². The molecule has 5 nitrogen and oxygen atoms in total. The molecule has 3 rings (SSSR count). The molecule has 2 amide bonds. The third kappa shape index (κ3) is 3.44. The quantitative estimate of drug-likeness (QED) is 0.822. The molecule has 1 aliphatic heterocycles. The van der Waals surface area contributed by atoms with Crippen LogP contribution in [-0.2, 0) is 14.3 Å². The summed E-state index contributed by atoms with van der Waals surface area (Å²) in [5.41, 5.74) is 1.43. The van der Waals surface area contributed by atoms with Crippen LogP contribution in [0.15, 0.2) is 60.3 Å². The molecule has 2 aromatic carbocycles. The number of halogens is 1. The molecule has 6 heteroatoms. The third-order valence-electron chi connectivity index (χ3n) is 3.84. The van der Waals surface area contributed by atoms with E-state index in [0.29, 0.717) is 11.3 Å². The van der Waals surface area contributed by atoms with Crippen LogP contribution in [-0.4, -0.2) is 37.0 Å². The maximum atomic E-state index is 13.4. The SMILES string of the molecule is COCCN1C(=O)C(Nc2cccc(F)c2)=C(c2ccccc2)C1=O. The van der Waals surface area contributed by atoms with Gasteiger partial charge in [-0.3, -0.25) is 14.5 Å². The minimum atomic E-state index is -0.454. The van der Waals surface area contributed by atoms with E-state index < -0.39 is 17.6 Å². The molecule has 1 N–H and O–H groups in total. The van der Waals surface area contributed by atoms with Gasteiger partial charge in [-0.15, -0.1) is 0 Å². The molecule has 0 spiro atoms. The molecule has 0 saturated carbocycles. The number of benzene rings is 2. The third-order valence-corrected chi connectivity index (χ3v) is 3.84. The zero-order valence-electron chi connectivity index (χ0n) is 13.7. The minimum Gasteiger partial charge on any atom is -0.383 e. The van der Waals surface area contributed by atoms with Gasteiger partial charge < -0.3 is 10.1 Å². The Kier molecular flexibility index (Phi) is 4.90. The Hall–Kier alpha value is -2.99. The Labute approximate surface area is 144 Å². The zero-order chi connectivity index (χ0) is 17.8. The Balaban J connectivity index is 2.02. The summed E-state index contributed by atoms with van der Waals surface area (Å²) >= 11 is 0. The van der Waals surface area contributed by atoms with E-state index in [1.807, 2.05) is 6.07 Å². The Morgan fingerprint density at radius 1 is 1.04 bits per heavy atom. The largest absolute Gasteiger partial charge is 0.383 e. The summed E-state index contributed by atoms with van der Waals surface area (Å²) in [6.45, 7) is 0.394. The number of carbonyl (C=O) groups excluding carboxylic acids is 2. The van der Waals surface area contributed by atoms with E-state index in [0.717, 1.165) is 4.90 Å². The first kappa shape index (κ1) is 16.9. The van der Waals surface area contributed by atoms with Crippen molar-refractivity contribution in [2.45, 2.75) is 0 Å². The number of rotatable bonds is 6. The van der Waals surface area contributed by atoms with Gasteiger partial charge in [-0.25, -0.2) is 4.39 Å². The van der Waals surface area contributed by atoms with E-state index in [4.69, 9.17) is 4.74 Å². The van der Waals surface area contributed by atoms with E-state index >= 15 is 0 Å². The van der Waals surface area contributed by atoms with Crippen LogP contribution < -0.4 is 5.32 Å². The molecule has 2 aromatic rings. The number of carbonyl (C=O) groups is 2. The van der Waals surface area contributed by atoms with Crippen molar-refractivity contribution in [1.82, 2.24) is 4.90 Å². The van der Waals surface area contributed by atoms with Gasteiger partial charge in [-0.1, -0.05) is 36.4 Å². The van der Waals surface area contributed by atoms with Crippen LogP contribution in [0.1, 0.15) is 5.56 Å². The lowest BCUT2D eigenvalue weighted by atomic mass is 10.0. The highest BCUT2D eigenvalue weighted by molar-refractivity contribution is 6.36. The smallest absolute Gasteiger partial charge is 0.278 e. The average molecular weight is 340 g/mol. The van der Waals surface area contributed by atoms with Crippen LogP contribution in [0.5, 0.6) is 0 Å². The fraction of sp³-hybridized carbons (Fsp3) is 0.158. The first-order chi connectivity index (χ1) is 12.1. The molecular formula is C19H17FN2O3. The zero-order valence-corrected chi connectivity index (χ0v) is 13.7. The summed E-state index contributed by atoms with van der Waals surface area (Å²) in [5, 5.41) is 2.90. The van der Waals surface area contributed by atoms with Crippen molar-refractivity contribution in [3.63, 3.8) is 0 Å². The summed E-state index contributed by atoms with van der Waals surface area (Å²) in [4.78, 5) is 26.6. The number of anilines is 1. The van der Waals surface area contributed by atoms with Crippen molar-refractivity contribution in [1.29, 1.82) is 0 Å². The maximum absolute atomic E-state index is 13.4. The van der Waals surface area contributed by atoms with E-state index in [2.05, 4.69) is 5.32 Å². The number of nitrogens with one attached hydrogen (secondary N) is 1. The second kappa shape index (κ2) is 7.27. The standard InChI is InChI=1S/C19H17FN2O3/c1-25-11-10-22-18(23)16(13-6-3-2-4-7-13)17(19(22)24)21-15-9-5-8-14(20)12-15/h2-9,12,21H,10-11H2,1H3. The van der Waals surface area contributed by atoms with Crippen molar-refractivity contribution < 1.29 is 18.7 Å². The first-order valence-corrected chi connectivity index (χ1v) is 7.79. The summed E-state index contributed by atoms with van der Waals surface area (Å²) in [5.74, 6) is -1.28. The van der Waals surface area contributed by atoms with Crippen LogP contribution in [0, 0.1) is 5.82 Å². The van der Waals surface area contributed by atoms with E-state index in [-0.39, 0.29) is 24.4 Å². The number of ether oxygens (including phenoxy) is 1. The maximum Gasteiger partial charge on any atom is 0.278 e. The normalized spacial score (nSPS) is 14.4. The number of amides is 2. The lowest BCUT2D eigenvalue weighted by Gasteiger charge is -2.14. The second-order valence-electron chi connectivity index (χ2n) is 5.51. The summed E-state index contributed by atoms with van der Waals surface area (Å²) in [6, 6.07) is 14.7. The number of methoxy groups -OCH3 is 1. The van der Waals surface area contributed by atoms with Crippen molar-refractivity contribution >= 4 is 23.1 Å². The van der Waals surface area contributed by atoms with E-state index in [1.165, 1.54) is 25.3 Å². The highest BCUT2D eigenvalue weighted by atomic mass is 19.1. The van der Waals surface area contributed by atoms with Gasteiger partial charge in [0.2, 0.25) is 0 Å². The average Bonchev–Trinajstić information content (AvgIpc) is 2.84. The predicted molar refractivity (Wildman–Crippen MR) is 92.0 cm³/mol. The molecule has 0 radical (unpaired) electrons. The first-order valence-electron chi connectivity index (χ1n) is 7.79. The highest BCUT2D eigenvalue weighted by Crippen LogP contribution is 2.30. The molecule has 1 heterocycles. The van der Waals surface area contributed by atoms with Crippen molar-refractivity contribution in [3.05, 3.63) is 71.7 Å². The van der Waals surface area contributed by atoms with Gasteiger partial charge in [0.25, 0.3) is 11.8 Å². The molecule has 0 fully saturated rings. The number of hydrogen-bond acceptors (Lipinski definition) is 4. The van der Waals surface area contributed by atoms with Crippen LogP contribution >= 0.6 is 0 Å². The van der Waals surface area contributed by atoms with E-state index in [1.54, 1.807) is 30.3 Å². The predicted octanol–water partition coefficient (Wildman–Crippen LogP) is 2.66. The lowest BCUT2D eigenvalue weighted by Crippen LogP contribution is -2.35. The fourth-order valence-electron chi connectivity index (χ4n) is 2.66. The number of nitrogens with zero attached hydrogens (tertiary/aromatic N) is 1. The van der Waals surface area contributed by atoms with Crippen molar-refractivity contribution in [2.24, 2.45) is 0 Å². The Bertz CT molecular complexity index is 834. The Morgan fingerprint density at radius 2 is 1.80 bits per heavy atom. The molecule has 0 unspecified atom stereocenters. The fourth-order valence-corrected chi connectivity index (χ4v) is 2.66. The molecule has 0 saturated heterocycles. The van der Waals surface area contributed by atoms with Gasteiger partial charge in [-0.05, 0) is 23.8 Å². The monoisotopic (exact) mass is 340 g/mol.